The highest BCUT2D eigenvalue weighted by Gasteiger charge is 2.17. The molecule has 1 atom stereocenters. The summed E-state index contributed by atoms with van der Waals surface area (Å²) in [5, 5.41) is 9.57. The molecule has 0 amide bonds. The maximum Gasteiger partial charge on any atom is 0.0623 e. The summed E-state index contributed by atoms with van der Waals surface area (Å²) in [6.45, 7) is 4.10. The van der Waals surface area contributed by atoms with Crippen molar-refractivity contribution >= 4 is 11.8 Å². The first kappa shape index (κ1) is 13.3. The zero-order chi connectivity index (χ0) is 10.3. The number of hydrogen-bond donors (Lipinski definition) is 1. The van der Waals surface area contributed by atoms with E-state index in [1.54, 1.807) is 18.9 Å². The van der Waals surface area contributed by atoms with Crippen molar-refractivity contribution < 1.29 is 9.84 Å². The molecule has 0 aromatic heterocycles. The minimum Gasteiger partial charge on any atom is -0.393 e. The number of methoxy groups -OCH3 is 1. The molecule has 80 valence electrons. The minimum atomic E-state index is -0.165. The van der Waals surface area contributed by atoms with E-state index >= 15 is 0 Å². The van der Waals surface area contributed by atoms with Gasteiger partial charge in [-0.1, -0.05) is 0 Å². The second kappa shape index (κ2) is 6.68. The van der Waals surface area contributed by atoms with Crippen molar-refractivity contribution in [1.82, 2.24) is 0 Å². The highest BCUT2D eigenvalue weighted by Crippen LogP contribution is 2.18. The monoisotopic (exact) mass is 206 g/mol. The number of rotatable bonds is 7. The predicted molar refractivity (Wildman–Crippen MR) is 59.3 cm³/mol. The van der Waals surface area contributed by atoms with Crippen molar-refractivity contribution in [3.05, 3.63) is 0 Å². The second-order valence-corrected chi connectivity index (χ2v) is 4.92. The summed E-state index contributed by atoms with van der Waals surface area (Å²) in [6, 6.07) is 0. The molecular weight excluding hydrogens is 184 g/mol. The van der Waals surface area contributed by atoms with Crippen molar-refractivity contribution in [1.29, 1.82) is 0 Å². The summed E-state index contributed by atoms with van der Waals surface area (Å²) >= 11 is 1.78. The van der Waals surface area contributed by atoms with Crippen LogP contribution in [0.25, 0.3) is 0 Å². The van der Waals surface area contributed by atoms with Gasteiger partial charge in [-0.15, -0.1) is 0 Å². The van der Waals surface area contributed by atoms with E-state index in [-0.39, 0.29) is 11.7 Å². The Morgan fingerprint density at radius 2 is 2.00 bits per heavy atom. The van der Waals surface area contributed by atoms with Gasteiger partial charge in [-0.2, -0.15) is 11.8 Å². The first-order valence-corrected chi connectivity index (χ1v) is 6.13. The van der Waals surface area contributed by atoms with Gasteiger partial charge >= 0.3 is 0 Å². The lowest BCUT2D eigenvalue weighted by Crippen LogP contribution is -2.24. The fourth-order valence-electron chi connectivity index (χ4n) is 1.01. The number of thioether (sulfide) groups is 1. The molecule has 1 N–H and O–H groups in total. The van der Waals surface area contributed by atoms with Gasteiger partial charge in [0, 0.05) is 7.11 Å². The lowest BCUT2D eigenvalue weighted by Gasteiger charge is -2.24. The Kier molecular flexibility index (Phi) is 6.82. The molecule has 0 aliphatic rings. The van der Waals surface area contributed by atoms with Crippen molar-refractivity contribution in [3.8, 4) is 0 Å². The first-order chi connectivity index (χ1) is 6.02. The number of ether oxygens (including phenoxy) is 1. The molecule has 0 spiro atoms. The Hall–Kier alpha value is 0.270. The highest BCUT2D eigenvalue weighted by atomic mass is 32.2. The van der Waals surface area contributed by atoms with Crippen LogP contribution in [0, 0.1) is 0 Å². The third-order valence-corrected chi connectivity index (χ3v) is 2.93. The van der Waals surface area contributed by atoms with Crippen LogP contribution in [0.3, 0.4) is 0 Å². The molecule has 0 aliphatic heterocycles. The highest BCUT2D eigenvalue weighted by molar-refractivity contribution is 7.98. The molecule has 0 aromatic rings. The summed E-state index contributed by atoms with van der Waals surface area (Å²) in [7, 11) is 1.72. The van der Waals surface area contributed by atoms with Gasteiger partial charge in [0.15, 0.2) is 0 Å². The van der Waals surface area contributed by atoms with Crippen molar-refractivity contribution in [2.75, 3.05) is 19.1 Å². The van der Waals surface area contributed by atoms with Crippen molar-refractivity contribution in [2.45, 2.75) is 44.8 Å². The molecule has 0 saturated heterocycles. The van der Waals surface area contributed by atoms with Crippen molar-refractivity contribution in [3.63, 3.8) is 0 Å². The van der Waals surface area contributed by atoms with Gasteiger partial charge in [0.05, 0.1) is 11.7 Å². The second-order valence-electron chi connectivity index (χ2n) is 3.94. The predicted octanol–water partition coefficient (Wildman–Crippen LogP) is 2.31. The zero-order valence-corrected chi connectivity index (χ0v) is 9.99. The molecule has 0 fully saturated rings. The van der Waals surface area contributed by atoms with Crippen LogP contribution in [0.2, 0.25) is 0 Å². The van der Waals surface area contributed by atoms with E-state index in [1.165, 1.54) is 0 Å². The van der Waals surface area contributed by atoms with Gasteiger partial charge in [0.1, 0.15) is 0 Å². The Bertz CT molecular complexity index is 126. The Balaban J connectivity index is 3.51. The van der Waals surface area contributed by atoms with Crippen LogP contribution in [0.4, 0.5) is 0 Å². The smallest absolute Gasteiger partial charge is 0.0623 e. The minimum absolute atomic E-state index is 0.0969. The number of aliphatic hydroxyl groups is 1. The maximum absolute atomic E-state index is 9.57. The van der Waals surface area contributed by atoms with E-state index in [4.69, 9.17) is 4.74 Å². The average molecular weight is 206 g/mol. The molecule has 3 heteroatoms. The third kappa shape index (κ3) is 7.35. The van der Waals surface area contributed by atoms with Crippen LogP contribution in [0.1, 0.15) is 33.1 Å². The summed E-state index contributed by atoms with van der Waals surface area (Å²) in [5.41, 5.74) is -0.0969. The molecule has 13 heavy (non-hydrogen) atoms. The zero-order valence-electron chi connectivity index (χ0n) is 9.17. The molecular formula is C10H22O2S. The van der Waals surface area contributed by atoms with Gasteiger partial charge < -0.3 is 9.84 Å². The summed E-state index contributed by atoms with van der Waals surface area (Å²) in [5.74, 6) is 1.04. The molecule has 1 unspecified atom stereocenters. The van der Waals surface area contributed by atoms with Gasteiger partial charge in [-0.05, 0) is 45.1 Å². The topological polar surface area (TPSA) is 29.5 Å². The van der Waals surface area contributed by atoms with E-state index in [0.29, 0.717) is 0 Å². The molecule has 0 saturated carbocycles. The number of hydrogen-bond acceptors (Lipinski definition) is 3. The largest absolute Gasteiger partial charge is 0.393 e. The van der Waals surface area contributed by atoms with E-state index in [0.717, 1.165) is 25.0 Å². The Morgan fingerprint density at radius 3 is 2.46 bits per heavy atom. The quantitative estimate of drug-likeness (QED) is 0.693. The van der Waals surface area contributed by atoms with Gasteiger partial charge in [-0.3, -0.25) is 0 Å². The molecule has 0 aliphatic carbocycles. The van der Waals surface area contributed by atoms with E-state index < -0.39 is 0 Å². The first-order valence-electron chi connectivity index (χ1n) is 4.74. The molecule has 0 aromatic carbocycles. The van der Waals surface area contributed by atoms with Gasteiger partial charge in [0.2, 0.25) is 0 Å². The molecule has 0 heterocycles. The Labute approximate surface area is 86.1 Å². The summed E-state index contributed by atoms with van der Waals surface area (Å²) < 4.78 is 5.28. The van der Waals surface area contributed by atoms with Crippen LogP contribution in [-0.4, -0.2) is 35.9 Å². The fourth-order valence-corrected chi connectivity index (χ4v) is 1.52. The van der Waals surface area contributed by atoms with E-state index in [9.17, 15) is 5.11 Å². The molecule has 0 bridgehead atoms. The molecule has 0 rings (SSSR count). The SMILES string of the molecule is COC(C)(C)CCC(O)CCSC. The van der Waals surface area contributed by atoms with Crippen molar-refractivity contribution in [2.24, 2.45) is 0 Å². The van der Waals surface area contributed by atoms with Crippen LogP contribution < -0.4 is 0 Å². The van der Waals surface area contributed by atoms with Crippen LogP contribution in [0.5, 0.6) is 0 Å². The normalized spacial score (nSPS) is 14.5. The lowest BCUT2D eigenvalue weighted by atomic mass is 9.99. The fraction of sp³-hybridized carbons (Fsp3) is 1.00. The van der Waals surface area contributed by atoms with Crippen LogP contribution in [-0.2, 0) is 4.74 Å². The summed E-state index contributed by atoms with van der Waals surface area (Å²) in [4.78, 5) is 0. The lowest BCUT2D eigenvalue weighted by molar-refractivity contribution is 0.00282. The molecule has 0 radical (unpaired) electrons. The van der Waals surface area contributed by atoms with Gasteiger partial charge in [0.25, 0.3) is 0 Å². The molecule has 2 nitrogen and oxygen atoms in total. The van der Waals surface area contributed by atoms with E-state index in [1.807, 2.05) is 13.8 Å². The van der Waals surface area contributed by atoms with Crippen LogP contribution >= 0.6 is 11.8 Å². The number of aliphatic hydroxyl groups excluding tert-OH is 1. The summed E-state index contributed by atoms with van der Waals surface area (Å²) in [6.07, 6.45) is 4.54. The van der Waals surface area contributed by atoms with E-state index in [2.05, 4.69) is 6.26 Å². The van der Waals surface area contributed by atoms with Crippen LogP contribution in [0.15, 0.2) is 0 Å². The van der Waals surface area contributed by atoms with Gasteiger partial charge in [-0.25, -0.2) is 0 Å². The standard InChI is InChI=1S/C10H22O2S/c1-10(2,12-3)7-5-9(11)6-8-13-4/h9,11H,5-8H2,1-4H3. The Morgan fingerprint density at radius 1 is 1.38 bits per heavy atom. The average Bonchev–Trinajstić information content (AvgIpc) is 2.11. The third-order valence-electron chi connectivity index (χ3n) is 2.29. The maximum atomic E-state index is 9.57.